The summed E-state index contributed by atoms with van der Waals surface area (Å²) in [5.74, 6) is 0.255. The minimum Gasteiger partial charge on any atom is -0.436 e. The lowest BCUT2D eigenvalue weighted by Gasteiger charge is -2.12. The fraction of sp³-hybridized carbons (Fsp3) is 0.360. The number of aliphatic hydroxyl groups excluding tert-OH is 1. The zero-order chi connectivity index (χ0) is 26.6. The van der Waals surface area contributed by atoms with Crippen molar-refractivity contribution >= 4 is 11.6 Å². The number of carbonyl (C=O) groups excluding carboxylic acids is 1. The predicted octanol–water partition coefficient (Wildman–Crippen LogP) is 4.49. The van der Waals surface area contributed by atoms with Crippen LogP contribution in [0.15, 0.2) is 43.0 Å². The van der Waals surface area contributed by atoms with Crippen molar-refractivity contribution in [2.45, 2.75) is 45.8 Å². The number of rotatable bonds is 10. The Balaban J connectivity index is 1.66. The highest BCUT2D eigenvalue weighted by atomic mass is 19.4. The van der Waals surface area contributed by atoms with Crippen LogP contribution in [0.2, 0.25) is 0 Å². The Morgan fingerprint density at radius 1 is 1.22 bits per heavy atom. The number of hydrogen-bond donors (Lipinski definition) is 2. The number of benzene rings is 1. The summed E-state index contributed by atoms with van der Waals surface area (Å²) in [5.41, 5.74) is 0.607. The molecule has 0 bridgehead atoms. The van der Waals surface area contributed by atoms with E-state index in [4.69, 9.17) is 9.84 Å². The number of imidazole rings is 1. The summed E-state index contributed by atoms with van der Waals surface area (Å²) >= 11 is 0. The lowest BCUT2D eigenvalue weighted by atomic mass is 10.0. The third-order valence-corrected chi connectivity index (χ3v) is 5.69. The molecule has 4 rings (SSSR count). The van der Waals surface area contributed by atoms with Gasteiger partial charge < -0.3 is 15.2 Å². The van der Waals surface area contributed by atoms with E-state index in [-0.39, 0.29) is 35.3 Å². The monoisotopic (exact) mass is 516 g/mol. The van der Waals surface area contributed by atoms with E-state index in [1.165, 1.54) is 33.9 Å². The van der Waals surface area contributed by atoms with Crippen LogP contribution >= 0.6 is 0 Å². The minimum atomic E-state index is -4.63. The lowest BCUT2D eigenvalue weighted by Crippen LogP contribution is -2.26. The zero-order valence-corrected chi connectivity index (χ0v) is 20.4. The van der Waals surface area contributed by atoms with Crippen LogP contribution in [0.4, 0.5) is 13.2 Å². The van der Waals surface area contributed by atoms with Crippen molar-refractivity contribution in [1.29, 1.82) is 0 Å². The summed E-state index contributed by atoms with van der Waals surface area (Å²) in [7, 11) is 0. The summed E-state index contributed by atoms with van der Waals surface area (Å²) in [5, 5.41) is 15.4. The molecule has 12 heteroatoms. The molecule has 0 atom stereocenters. The summed E-state index contributed by atoms with van der Waals surface area (Å²) in [4.78, 5) is 21.0. The van der Waals surface area contributed by atoms with Crippen LogP contribution in [-0.2, 0) is 19.1 Å². The van der Waals surface area contributed by atoms with Crippen LogP contribution in [-0.4, -0.2) is 48.3 Å². The molecule has 0 aliphatic carbocycles. The Morgan fingerprint density at radius 3 is 2.73 bits per heavy atom. The number of carbonyl (C=O) groups is 1. The fourth-order valence-electron chi connectivity index (χ4n) is 3.96. The van der Waals surface area contributed by atoms with Gasteiger partial charge in [-0.15, -0.1) is 0 Å². The number of hydrogen-bond acceptors (Lipinski definition) is 6. The van der Waals surface area contributed by atoms with Crippen LogP contribution < -0.4 is 10.1 Å². The van der Waals surface area contributed by atoms with E-state index in [9.17, 15) is 18.0 Å². The number of nitrogens with zero attached hydrogens (tertiary/aromatic N) is 5. The van der Waals surface area contributed by atoms with Crippen LogP contribution in [0, 0.1) is 0 Å². The number of amides is 1. The van der Waals surface area contributed by atoms with Gasteiger partial charge in [-0.05, 0) is 43.0 Å². The van der Waals surface area contributed by atoms with E-state index >= 15 is 0 Å². The molecule has 3 heterocycles. The van der Waals surface area contributed by atoms with Crippen molar-refractivity contribution in [3.63, 3.8) is 0 Å². The first kappa shape index (κ1) is 26.1. The number of aryl methyl sites for hydroxylation is 2. The van der Waals surface area contributed by atoms with Crippen molar-refractivity contribution in [3.05, 3.63) is 59.8 Å². The molecule has 37 heavy (non-hydrogen) atoms. The summed E-state index contributed by atoms with van der Waals surface area (Å²) in [6.45, 7) is 4.46. The Morgan fingerprint density at radius 2 is 2.03 bits per heavy atom. The highest BCUT2D eigenvalue weighted by Gasteiger charge is 2.38. The van der Waals surface area contributed by atoms with Crippen molar-refractivity contribution in [2.75, 3.05) is 13.2 Å². The average molecular weight is 517 g/mol. The summed E-state index contributed by atoms with van der Waals surface area (Å²) in [6, 6.07) is 4.97. The number of fused-ring (bicyclic) bond motifs is 1. The number of alkyl halides is 3. The van der Waals surface area contributed by atoms with Gasteiger partial charge in [0.2, 0.25) is 5.65 Å². The second-order valence-electron chi connectivity index (χ2n) is 8.33. The van der Waals surface area contributed by atoms with Crippen LogP contribution in [0.1, 0.15) is 48.3 Å². The molecule has 2 N–H and O–H groups in total. The van der Waals surface area contributed by atoms with Crippen LogP contribution in [0.3, 0.4) is 0 Å². The van der Waals surface area contributed by atoms with E-state index < -0.39 is 11.9 Å². The molecule has 0 aliphatic heterocycles. The first-order valence-corrected chi connectivity index (χ1v) is 11.9. The van der Waals surface area contributed by atoms with Gasteiger partial charge in [-0.25, -0.2) is 9.97 Å². The molecule has 0 saturated carbocycles. The Labute approximate surface area is 210 Å². The van der Waals surface area contributed by atoms with Gasteiger partial charge in [0.25, 0.3) is 11.8 Å². The van der Waals surface area contributed by atoms with Gasteiger partial charge in [0, 0.05) is 43.9 Å². The molecule has 0 radical (unpaired) electrons. The molecule has 0 fully saturated rings. The SMILES string of the molecule is CCCn1cc(-c2cnc3c(Oc4ccc(C(=O)NCCCO)c(CC)c4)nccn23)c(C(F)(F)F)n1. The standard InChI is InChI=1S/C25H27F3N6O3/c1-3-10-33-15-19(21(32-33)25(26,27)28)20-14-31-22-24(30-9-11-34(20)22)37-17-6-7-18(16(4-2)13-17)23(36)29-8-5-12-35/h6-7,9,11,13-15,35H,3-5,8,10,12H2,1-2H3,(H,29,36). The first-order valence-electron chi connectivity index (χ1n) is 11.9. The van der Waals surface area contributed by atoms with E-state index in [1.54, 1.807) is 18.2 Å². The molecule has 1 aromatic carbocycles. The third-order valence-electron chi connectivity index (χ3n) is 5.69. The van der Waals surface area contributed by atoms with Crippen molar-refractivity contribution < 1.29 is 27.8 Å². The van der Waals surface area contributed by atoms with E-state index in [1.807, 2.05) is 13.8 Å². The average Bonchev–Trinajstić information content (AvgIpc) is 3.49. The number of ether oxygens (including phenoxy) is 1. The normalized spacial score (nSPS) is 11.7. The molecule has 196 valence electrons. The Bertz CT molecular complexity index is 1400. The van der Waals surface area contributed by atoms with E-state index in [0.717, 1.165) is 5.56 Å². The van der Waals surface area contributed by atoms with Crippen molar-refractivity contribution in [1.82, 2.24) is 29.5 Å². The van der Waals surface area contributed by atoms with Gasteiger partial charge in [0.15, 0.2) is 5.69 Å². The number of nitrogens with one attached hydrogen (secondary N) is 1. The lowest BCUT2D eigenvalue weighted by molar-refractivity contribution is -0.141. The maximum atomic E-state index is 13.7. The number of aliphatic hydroxyl groups is 1. The molecule has 0 spiro atoms. The highest BCUT2D eigenvalue weighted by molar-refractivity contribution is 5.95. The maximum Gasteiger partial charge on any atom is 0.435 e. The van der Waals surface area contributed by atoms with Crippen molar-refractivity contribution in [3.8, 4) is 22.9 Å². The molecule has 4 aromatic rings. The maximum absolute atomic E-state index is 13.7. The predicted molar refractivity (Wildman–Crippen MR) is 129 cm³/mol. The number of halogens is 3. The van der Waals surface area contributed by atoms with E-state index in [0.29, 0.717) is 43.7 Å². The third kappa shape index (κ3) is 5.58. The van der Waals surface area contributed by atoms with Crippen molar-refractivity contribution in [2.24, 2.45) is 0 Å². The summed E-state index contributed by atoms with van der Waals surface area (Å²) < 4.78 is 49.9. The topological polar surface area (TPSA) is 107 Å². The Kier molecular flexibility index (Phi) is 7.77. The van der Waals surface area contributed by atoms with Gasteiger partial charge in [0.05, 0.1) is 17.5 Å². The summed E-state index contributed by atoms with van der Waals surface area (Å²) in [6.07, 6.45) is 2.66. The molecule has 1 amide bonds. The number of aromatic nitrogens is 5. The van der Waals surface area contributed by atoms with E-state index in [2.05, 4.69) is 20.4 Å². The second kappa shape index (κ2) is 11.0. The molecule has 0 unspecified atom stereocenters. The molecule has 0 aliphatic rings. The largest absolute Gasteiger partial charge is 0.436 e. The minimum absolute atomic E-state index is 0.0136. The molecular weight excluding hydrogens is 489 g/mol. The van der Waals surface area contributed by atoms with Gasteiger partial charge in [-0.2, -0.15) is 18.3 Å². The van der Waals surface area contributed by atoms with Gasteiger partial charge in [-0.3, -0.25) is 13.9 Å². The fourth-order valence-corrected chi connectivity index (χ4v) is 3.96. The highest BCUT2D eigenvalue weighted by Crippen LogP contribution is 2.37. The molecule has 0 saturated heterocycles. The van der Waals surface area contributed by atoms with Crippen LogP contribution in [0.25, 0.3) is 16.9 Å². The molecular formula is C25H27F3N6O3. The molecule has 3 aromatic heterocycles. The first-order chi connectivity index (χ1) is 17.8. The quantitative estimate of drug-likeness (QED) is 0.301. The van der Waals surface area contributed by atoms with Gasteiger partial charge in [-0.1, -0.05) is 13.8 Å². The zero-order valence-electron chi connectivity index (χ0n) is 20.4. The Hall–Kier alpha value is -3.93. The second-order valence-corrected chi connectivity index (χ2v) is 8.33. The smallest absolute Gasteiger partial charge is 0.435 e. The molecule has 9 nitrogen and oxygen atoms in total. The van der Waals surface area contributed by atoms with Gasteiger partial charge >= 0.3 is 6.18 Å². The van der Waals surface area contributed by atoms with Crippen LogP contribution in [0.5, 0.6) is 11.6 Å². The van der Waals surface area contributed by atoms with Gasteiger partial charge in [0.1, 0.15) is 5.75 Å².